The fourth-order valence-electron chi connectivity index (χ4n) is 3.46. The van der Waals surface area contributed by atoms with Crippen LogP contribution < -0.4 is 4.74 Å². The lowest BCUT2D eigenvalue weighted by Gasteiger charge is -2.20. The van der Waals surface area contributed by atoms with Gasteiger partial charge in [0.2, 0.25) is 0 Å². The molecule has 3 rings (SSSR count). The van der Waals surface area contributed by atoms with Gasteiger partial charge in [0.05, 0.1) is 25.6 Å². The number of nitrogens with zero attached hydrogens (tertiary/aromatic N) is 2. The number of fused-ring (bicyclic) bond motifs is 1. The molecular formula is C25H30N2O3. The average molecular weight is 407 g/mol. The molecule has 0 aliphatic rings. The number of esters is 1. The number of rotatable bonds is 7. The van der Waals surface area contributed by atoms with Crippen molar-refractivity contribution in [1.29, 1.82) is 0 Å². The average Bonchev–Trinajstić information content (AvgIpc) is 3.14. The van der Waals surface area contributed by atoms with Gasteiger partial charge in [0.15, 0.2) is 0 Å². The summed E-state index contributed by atoms with van der Waals surface area (Å²) in [5.41, 5.74) is 6.20. The molecule has 0 radical (unpaired) electrons. The Labute approximate surface area is 178 Å². The number of carbonyl (C=O) groups is 1. The molecule has 0 atom stereocenters. The lowest BCUT2D eigenvalue weighted by molar-refractivity contribution is -0.134. The van der Waals surface area contributed by atoms with E-state index in [4.69, 9.17) is 4.74 Å². The first kappa shape index (κ1) is 21.6. The number of aromatic nitrogens is 2. The molecule has 0 fully saturated rings. The van der Waals surface area contributed by atoms with Gasteiger partial charge in [-0.3, -0.25) is 4.40 Å². The van der Waals surface area contributed by atoms with Gasteiger partial charge in [-0.1, -0.05) is 33.8 Å². The number of ether oxygens (including phenoxy) is 2. The van der Waals surface area contributed by atoms with E-state index in [2.05, 4.69) is 49.5 Å². The van der Waals surface area contributed by atoms with Gasteiger partial charge in [-0.2, -0.15) is 0 Å². The van der Waals surface area contributed by atoms with Crippen molar-refractivity contribution in [2.75, 3.05) is 13.7 Å². The maximum Gasteiger partial charge on any atom is 0.330 e. The van der Waals surface area contributed by atoms with Crippen LogP contribution in [-0.2, 0) is 9.53 Å². The molecule has 3 aromatic rings. The normalized spacial score (nSPS) is 11.7. The summed E-state index contributed by atoms with van der Waals surface area (Å²) in [6.07, 6.45) is 7.02. The number of imidazole rings is 1. The van der Waals surface area contributed by atoms with Crippen molar-refractivity contribution in [3.8, 4) is 17.0 Å². The second-order valence-corrected chi connectivity index (χ2v) is 7.92. The molecule has 5 nitrogen and oxygen atoms in total. The Morgan fingerprint density at radius 3 is 2.57 bits per heavy atom. The Hall–Kier alpha value is -3.08. The number of hydrogen-bond acceptors (Lipinski definition) is 4. The van der Waals surface area contributed by atoms with Gasteiger partial charge in [0.25, 0.3) is 0 Å². The standard InChI is InChI=1S/C25H30N2O3/c1-7-30-25-20(17(4)5)12-19(16(2)3)13-21(25)22-14-26-23-10-8-18(15-27(22)23)9-11-24(28)29-6/h8-17H,7H2,1-6H3. The zero-order valence-corrected chi connectivity index (χ0v) is 18.6. The first-order valence-corrected chi connectivity index (χ1v) is 10.4. The summed E-state index contributed by atoms with van der Waals surface area (Å²) in [4.78, 5) is 16.1. The van der Waals surface area contributed by atoms with Gasteiger partial charge < -0.3 is 9.47 Å². The molecule has 0 N–H and O–H groups in total. The van der Waals surface area contributed by atoms with Crippen LogP contribution in [0.15, 0.2) is 42.7 Å². The van der Waals surface area contributed by atoms with Crippen molar-refractivity contribution in [1.82, 2.24) is 9.38 Å². The smallest absolute Gasteiger partial charge is 0.330 e. The summed E-state index contributed by atoms with van der Waals surface area (Å²) >= 11 is 0. The summed E-state index contributed by atoms with van der Waals surface area (Å²) in [7, 11) is 1.37. The van der Waals surface area contributed by atoms with Crippen molar-refractivity contribution in [3.63, 3.8) is 0 Å². The lowest BCUT2D eigenvalue weighted by atomic mass is 9.91. The first-order chi connectivity index (χ1) is 14.3. The third kappa shape index (κ3) is 4.40. The van der Waals surface area contributed by atoms with E-state index < -0.39 is 0 Å². The van der Waals surface area contributed by atoms with E-state index in [0.717, 1.165) is 28.2 Å². The molecule has 1 aromatic carbocycles. The molecule has 0 unspecified atom stereocenters. The molecule has 2 heterocycles. The SMILES string of the molecule is CCOc1c(-c2cnc3ccc(C=CC(=O)OC)cn23)cc(C(C)C)cc1C(C)C. The fourth-order valence-corrected chi connectivity index (χ4v) is 3.46. The van der Waals surface area contributed by atoms with Crippen LogP contribution in [0.25, 0.3) is 23.0 Å². The second-order valence-electron chi connectivity index (χ2n) is 7.92. The summed E-state index contributed by atoms with van der Waals surface area (Å²) < 4.78 is 12.9. The van der Waals surface area contributed by atoms with Crippen LogP contribution >= 0.6 is 0 Å². The monoisotopic (exact) mass is 406 g/mol. The van der Waals surface area contributed by atoms with Crippen molar-refractivity contribution in [2.24, 2.45) is 0 Å². The van der Waals surface area contributed by atoms with Gasteiger partial charge in [0, 0.05) is 17.8 Å². The maximum absolute atomic E-state index is 11.5. The maximum atomic E-state index is 11.5. The van der Waals surface area contributed by atoms with Crippen LogP contribution in [0.4, 0.5) is 0 Å². The highest BCUT2D eigenvalue weighted by Crippen LogP contribution is 2.40. The van der Waals surface area contributed by atoms with E-state index >= 15 is 0 Å². The molecule has 2 aromatic heterocycles. The molecule has 158 valence electrons. The van der Waals surface area contributed by atoms with Crippen LogP contribution in [0.2, 0.25) is 0 Å². The second kappa shape index (κ2) is 9.16. The zero-order valence-electron chi connectivity index (χ0n) is 18.6. The number of pyridine rings is 1. The summed E-state index contributed by atoms with van der Waals surface area (Å²) in [5.74, 6) is 1.26. The first-order valence-electron chi connectivity index (χ1n) is 10.4. The van der Waals surface area contributed by atoms with Gasteiger partial charge in [-0.15, -0.1) is 0 Å². The minimum atomic E-state index is -0.384. The van der Waals surface area contributed by atoms with Crippen LogP contribution in [0.3, 0.4) is 0 Å². The molecule has 0 aliphatic heterocycles. The van der Waals surface area contributed by atoms with Gasteiger partial charge in [-0.25, -0.2) is 9.78 Å². The number of hydrogen-bond donors (Lipinski definition) is 0. The van der Waals surface area contributed by atoms with Gasteiger partial charge >= 0.3 is 5.97 Å². The highest BCUT2D eigenvalue weighted by atomic mass is 16.5. The molecule has 0 spiro atoms. The number of benzene rings is 1. The molecule has 5 heteroatoms. The van der Waals surface area contributed by atoms with Crippen molar-refractivity contribution in [2.45, 2.75) is 46.5 Å². The van der Waals surface area contributed by atoms with E-state index in [9.17, 15) is 4.79 Å². The van der Waals surface area contributed by atoms with Crippen LogP contribution in [0.5, 0.6) is 5.75 Å². The predicted molar refractivity (Wildman–Crippen MR) is 121 cm³/mol. The lowest BCUT2D eigenvalue weighted by Crippen LogP contribution is -2.04. The highest BCUT2D eigenvalue weighted by molar-refractivity contribution is 5.87. The molecule has 0 amide bonds. The van der Waals surface area contributed by atoms with E-state index in [0.29, 0.717) is 18.4 Å². The predicted octanol–water partition coefficient (Wildman–Crippen LogP) is 5.83. The Morgan fingerprint density at radius 2 is 1.93 bits per heavy atom. The van der Waals surface area contributed by atoms with E-state index in [-0.39, 0.29) is 5.97 Å². The van der Waals surface area contributed by atoms with Crippen LogP contribution in [0, 0.1) is 0 Å². The minimum absolute atomic E-state index is 0.335. The summed E-state index contributed by atoms with van der Waals surface area (Å²) in [5, 5.41) is 0. The molecule has 0 aliphatic carbocycles. The Balaban J connectivity index is 2.23. The van der Waals surface area contributed by atoms with E-state index in [1.807, 2.05) is 35.9 Å². The topological polar surface area (TPSA) is 52.8 Å². The van der Waals surface area contributed by atoms with Crippen LogP contribution in [0.1, 0.15) is 63.1 Å². The zero-order chi connectivity index (χ0) is 21.8. The minimum Gasteiger partial charge on any atom is -0.493 e. The largest absolute Gasteiger partial charge is 0.493 e. The van der Waals surface area contributed by atoms with Crippen molar-refractivity contribution >= 4 is 17.7 Å². The quantitative estimate of drug-likeness (QED) is 0.366. The van der Waals surface area contributed by atoms with Crippen molar-refractivity contribution < 1.29 is 14.3 Å². The van der Waals surface area contributed by atoms with E-state index in [1.54, 1.807) is 6.08 Å². The molecular weight excluding hydrogens is 376 g/mol. The fraction of sp³-hybridized carbons (Fsp3) is 0.360. The third-order valence-electron chi connectivity index (χ3n) is 5.13. The Bertz CT molecular complexity index is 1080. The van der Waals surface area contributed by atoms with Gasteiger partial charge in [0.1, 0.15) is 11.4 Å². The third-order valence-corrected chi connectivity index (χ3v) is 5.13. The molecule has 30 heavy (non-hydrogen) atoms. The van der Waals surface area contributed by atoms with E-state index in [1.165, 1.54) is 24.3 Å². The number of carbonyl (C=O) groups excluding carboxylic acids is 1. The molecule has 0 bridgehead atoms. The highest BCUT2D eigenvalue weighted by Gasteiger charge is 2.20. The summed E-state index contributed by atoms with van der Waals surface area (Å²) in [6, 6.07) is 8.34. The van der Waals surface area contributed by atoms with Crippen LogP contribution in [-0.4, -0.2) is 29.1 Å². The summed E-state index contributed by atoms with van der Waals surface area (Å²) in [6.45, 7) is 11.4. The molecule has 0 saturated carbocycles. The Morgan fingerprint density at radius 1 is 1.17 bits per heavy atom. The molecule has 0 saturated heterocycles. The number of methoxy groups -OCH3 is 1. The van der Waals surface area contributed by atoms with Gasteiger partial charge in [-0.05, 0) is 59.7 Å². The van der Waals surface area contributed by atoms with Crippen molar-refractivity contribution in [3.05, 3.63) is 59.4 Å². The Kier molecular flexibility index (Phi) is 6.60.